The minimum Gasteiger partial charge on any atom is -0.300 e. The van der Waals surface area contributed by atoms with Gasteiger partial charge in [0.25, 0.3) is 0 Å². The lowest BCUT2D eigenvalue weighted by Crippen LogP contribution is -2.42. The van der Waals surface area contributed by atoms with Gasteiger partial charge in [-0.05, 0) is 32.9 Å². The maximum absolute atomic E-state index is 3.67. The van der Waals surface area contributed by atoms with Crippen molar-refractivity contribution in [2.75, 3.05) is 6.26 Å². The van der Waals surface area contributed by atoms with Gasteiger partial charge in [-0.2, -0.15) is 0 Å². The molecule has 0 aromatic heterocycles. The van der Waals surface area contributed by atoms with Gasteiger partial charge in [0, 0.05) is 5.54 Å². The fourth-order valence-corrected chi connectivity index (χ4v) is 2.49. The van der Waals surface area contributed by atoms with Crippen molar-refractivity contribution in [3.63, 3.8) is 0 Å². The minimum atomic E-state index is 0.365. The van der Waals surface area contributed by atoms with E-state index in [1.807, 2.05) is 11.8 Å². The van der Waals surface area contributed by atoms with Crippen molar-refractivity contribution in [1.29, 1.82) is 0 Å². The van der Waals surface area contributed by atoms with Crippen LogP contribution in [0.1, 0.15) is 39.5 Å². The van der Waals surface area contributed by atoms with E-state index in [1.165, 1.54) is 25.7 Å². The molecular formula is C9H19NS. The molecule has 0 aliphatic carbocycles. The third kappa shape index (κ3) is 3.04. The van der Waals surface area contributed by atoms with E-state index in [0.717, 1.165) is 0 Å². The first-order valence-corrected chi connectivity index (χ1v) is 5.73. The number of hydrogen-bond donors (Lipinski definition) is 1. The highest BCUT2D eigenvalue weighted by atomic mass is 32.2. The number of hydrogen-bond acceptors (Lipinski definition) is 2. The summed E-state index contributed by atoms with van der Waals surface area (Å²) in [6, 6.07) is 0. The van der Waals surface area contributed by atoms with Crippen molar-refractivity contribution in [2.24, 2.45) is 0 Å². The highest BCUT2D eigenvalue weighted by molar-refractivity contribution is 7.99. The summed E-state index contributed by atoms with van der Waals surface area (Å²) in [6.07, 6.45) is 7.63. The summed E-state index contributed by atoms with van der Waals surface area (Å²) in [5.74, 6) is 0. The van der Waals surface area contributed by atoms with Crippen LogP contribution in [-0.2, 0) is 0 Å². The lowest BCUT2D eigenvalue weighted by atomic mass is 9.99. The van der Waals surface area contributed by atoms with Crippen molar-refractivity contribution in [3.05, 3.63) is 0 Å². The zero-order valence-corrected chi connectivity index (χ0v) is 8.63. The molecule has 2 heteroatoms. The van der Waals surface area contributed by atoms with Crippen molar-refractivity contribution >= 4 is 11.8 Å². The number of nitrogens with one attached hydrogen (secondary N) is 1. The highest BCUT2D eigenvalue weighted by Gasteiger charge is 2.23. The van der Waals surface area contributed by atoms with Crippen LogP contribution >= 0.6 is 11.8 Å². The van der Waals surface area contributed by atoms with Gasteiger partial charge in [0.15, 0.2) is 0 Å². The molecule has 1 N–H and O–H groups in total. The van der Waals surface area contributed by atoms with Gasteiger partial charge < -0.3 is 5.32 Å². The molecule has 66 valence electrons. The lowest BCUT2D eigenvalue weighted by Gasteiger charge is -2.27. The van der Waals surface area contributed by atoms with Gasteiger partial charge in [0.05, 0.1) is 5.37 Å². The lowest BCUT2D eigenvalue weighted by molar-refractivity contribution is 0.373. The molecule has 0 aromatic carbocycles. The van der Waals surface area contributed by atoms with Crippen LogP contribution in [0.2, 0.25) is 0 Å². The number of thioether (sulfide) groups is 1. The largest absolute Gasteiger partial charge is 0.300 e. The Balaban J connectivity index is 2.47. The van der Waals surface area contributed by atoms with Crippen LogP contribution in [0.3, 0.4) is 0 Å². The molecule has 1 nitrogen and oxygen atoms in total. The van der Waals surface area contributed by atoms with E-state index >= 15 is 0 Å². The maximum atomic E-state index is 3.67. The SMILES string of the molecule is CSC1CCCCC(C)(C)N1. The first-order valence-electron chi connectivity index (χ1n) is 4.44. The topological polar surface area (TPSA) is 12.0 Å². The van der Waals surface area contributed by atoms with Gasteiger partial charge in [-0.3, -0.25) is 0 Å². The van der Waals surface area contributed by atoms with Crippen LogP contribution in [0, 0.1) is 0 Å². The Kier molecular flexibility index (Phi) is 3.26. The van der Waals surface area contributed by atoms with Crippen molar-refractivity contribution in [3.8, 4) is 0 Å². The maximum Gasteiger partial charge on any atom is 0.0533 e. The third-order valence-electron chi connectivity index (χ3n) is 2.35. The zero-order chi connectivity index (χ0) is 8.32. The molecule has 1 saturated heterocycles. The normalized spacial score (nSPS) is 31.4. The molecule has 11 heavy (non-hydrogen) atoms. The van der Waals surface area contributed by atoms with E-state index in [0.29, 0.717) is 10.9 Å². The molecule has 0 aromatic rings. The molecule has 1 unspecified atom stereocenters. The minimum absolute atomic E-state index is 0.365. The standard InChI is InChI=1S/C9H19NS/c1-9(2)7-5-4-6-8(10-9)11-3/h8,10H,4-7H2,1-3H3. The van der Waals surface area contributed by atoms with Crippen LogP contribution in [0.15, 0.2) is 0 Å². The quantitative estimate of drug-likeness (QED) is 0.654. The van der Waals surface area contributed by atoms with E-state index in [4.69, 9.17) is 0 Å². The smallest absolute Gasteiger partial charge is 0.0533 e. The summed E-state index contributed by atoms with van der Waals surface area (Å²) in [4.78, 5) is 0. The first-order chi connectivity index (χ1) is 5.14. The van der Waals surface area contributed by atoms with Crippen LogP contribution in [0.4, 0.5) is 0 Å². The van der Waals surface area contributed by atoms with Crippen LogP contribution in [0.5, 0.6) is 0 Å². The Bertz CT molecular complexity index is 123. The molecule has 0 amide bonds. The molecule has 1 fully saturated rings. The molecule has 0 radical (unpaired) electrons. The predicted octanol–water partition coefficient (Wildman–Crippen LogP) is 2.62. The Morgan fingerprint density at radius 1 is 1.36 bits per heavy atom. The van der Waals surface area contributed by atoms with E-state index in [9.17, 15) is 0 Å². The van der Waals surface area contributed by atoms with Crippen LogP contribution < -0.4 is 5.32 Å². The fraction of sp³-hybridized carbons (Fsp3) is 1.00. The molecular weight excluding hydrogens is 154 g/mol. The molecule has 1 heterocycles. The molecule has 1 aliphatic rings. The Labute approximate surface area is 74.3 Å². The van der Waals surface area contributed by atoms with Gasteiger partial charge in [0.1, 0.15) is 0 Å². The van der Waals surface area contributed by atoms with E-state index in [-0.39, 0.29) is 0 Å². The average Bonchev–Trinajstić information content (AvgIpc) is 2.10. The van der Waals surface area contributed by atoms with Gasteiger partial charge in [-0.15, -0.1) is 11.8 Å². The highest BCUT2D eigenvalue weighted by Crippen LogP contribution is 2.24. The molecule has 0 bridgehead atoms. The molecule has 1 rings (SSSR count). The fourth-order valence-electron chi connectivity index (χ4n) is 1.65. The van der Waals surface area contributed by atoms with Crippen molar-refractivity contribution in [1.82, 2.24) is 5.32 Å². The van der Waals surface area contributed by atoms with E-state index < -0.39 is 0 Å². The summed E-state index contributed by atoms with van der Waals surface area (Å²) >= 11 is 1.95. The summed E-state index contributed by atoms with van der Waals surface area (Å²) in [5, 5.41) is 4.36. The number of rotatable bonds is 1. The van der Waals surface area contributed by atoms with Gasteiger partial charge >= 0.3 is 0 Å². The predicted molar refractivity (Wildman–Crippen MR) is 53.0 cm³/mol. The van der Waals surface area contributed by atoms with Crippen molar-refractivity contribution < 1.29 is 0 Å². The Hall–Kier alpha value is 0.310. The summed E-state index contributed by atoms with van der Waals surface area (Å²) in [5.41, 5.74) is 0.365. The third-order valence-corrected chi connectivity index (χ3v) is 3.28. The van der Waals surface area contributed by atoms with E-state index in [1.54, 1.807) is 0 Å². The van der Waals surface area contributed by atoms with E-state index in [2.05, 4.69) is 25.4 Å². The second kappa shape index (κ2) is 3.81. The molecule has 0 spiro atoms. The van der Waals surface area contributed by atoms with Crippen LogP contribution in [0.25, 0.3) is 0 Å². The van der Waals surface area contributed by atoms with Gasteiger partial charge in [-0.1, -0.05) is 12.8 Å². The Morgan fingerprint density at radius 3 is 2.73 bits per heavy atom. The van der Waals surface area contributed by atoms with Crippen molar-refractivity contribution in [2.45, 2.75) is 50.4 Å². The second-order valence-corrected chi connectivity index (χ2v) is 5.04. The van der Waals surface area contributed by atoms with Gasteiger partial charge in [0.2, 0.25) is 0 Å². The zero-order valence-electron chi connectivity index (χ0n) is 7.81. The monoisotopic (exact) mass is 173 g/mol. The molecule has 1 aliphatic heterocycles. The summed E-state index contributed by atoms with van der Waals surface area (Å²) in [7, 11) is 0. The first kappa shape index (κ1) is 9.40. The van der Waals surface area contributed by atoms with Gasteiger partial charge in [-0.25, -0.2) is 0 Å². The average molecular weight is 173 g/mol. The van der Waals surface area contributed by atoms with Crippen LogP contribution in [-0.4, -0.2) is 17.2 Å². The summed E-state index contributed by atoms with van der Waals surface area (Å²) < 4.78 is 0. The Morgan fingerprint density at radius 2 is 2.09 bits per heavy atom. The summed E-state index contributed by atoms with van der Waals surface area (Å²) in [6.45, 7) is 4.61. The second-order valence-electron chi connectivity index (χ2n) is 4.00. The molecule has 0 saturated carbocycles. The molecule has 1 atom stereocenters.